The van der Waals surface area contributed by atoms with Crippen LogP contribution in [0.15, 0.2) is 34.9 Å². The minimum absolute atomic E-state index is 0.124. The van der Waals surface area contributed by atoms with Crippen molar-refractivity contribution in [1.82, 2.24) is 0 Å². The highest BCUT2D eigenvalue weighted by Crippen LogP contribution is 2.41. The van der Waals surface area contributed by atoms with Crippen molar-refractivity contribution < 1.29 is 15.0 Å². The Morgan fingerprint density at radius 3 is 1.96 bits per heavy atom. The average molecular weight is 405 g/mol. The third kappa shape index (κ3) is 6.87. The van der Waals surface area contributed by atoms with Gasteiger partial charge in [-0.2, -0.15) is 0 Å². The summed E-state index contributed by atoms with van der Waals surface area (Å²) < 4.78 is 0. The summed E-state index contributed by atoms with van der Waals surface area (Å²) in [6, 6.07) is 0. The van der Waals surface area contributed by atoms with E-state index in [0.717, 1.165) is 31.3 Å². The molecule has 3 nitrogen and oxygen atoms in total. The van der Waals surface area contributed by atoms with Crippen LogP contribution in [0.3, 0.4) is 0 Å². The van der Waals surface area contributed by atoms with E-state index in [1.165, 1.54) is 18.1 Å². The topological polar surface area (TPSA) is 57.5 Å². The van der Waals surface area contributed by atoms with Crippen LogP contribution in [0.2, 0.25) is 5.02 Å². The standard InChI is InChI=1S/C24H33ClO3/c1-15(2)9-7-10-16(3)11-8-12-17(4)13-14-20-23(27)21(19(6)26)18(5)22(25)24(20)28/h9,11,13,27-28H,7-8,10,12,14H2,1-6H3. The van der Waals surface area contributed by atoms with Gasteiger partial charge in [-0.25, -0.2) is 0 Å². The monoisotopic (exact) mass is 404 g/mol. The predicted molar refractivity (Wildman–Crippen MR) is 119 cm³/mol. The van der Waals surface area contributed by atoms with E-state index in [1.54, 1.807) is 6.92 Å². The molecule has 1 rings (SSSR count). The van der Waals surface area contributed by atoms with Gasteiger partial charge in [0.25, 0.3) is 0 Å². The summed E-state index contributed by atoms with van der Waals surface area (Å²) in [6.45, 7) is 11.4. The Kier molecular flexibility index (Phi) is 9.54. The van der Waals surface area contributed by atoms with Gasteiger partial charge in [-0.15, -0.1) is 0 Å². The van der Waals surface area contributed by atoms with E-state index in [9.17, 15) is 15.0 Å². The molecule has 0 aliphatic carbocycles. The van der Waals surface area contributed by atoms with Crippen molar-refractivity contribution in [2.45, 2.75) is 73.6 Å². The number of allylic oxidation sites excluding steroid dienone is 6. The molecule has 154 valence electrons. The number of Topliss-reactive ketones (excluding diaryl/α,β-unsaturated/α-hetero) is 1. The van der Waals surface area contributed by atoms with Crippen LogP contribution >= 0.6 is 11.6 Å². The van der Waals surface area contributed by atoms with Crippen molar-refractivity contribution in [2.75, 3.05) is 0 Å². The highest BCUT2D eigenvalue weighted by atomic mass is 35.5. The predicted octanol–water partition coefficient (Wildman–Crippen LogP) is 7.22. The Bertz CT molecular complexity index is 810. The number of rotatable bonds is 9. The van der Waals surface area contributed by atoms with Crippen molar-refractivity contribution in [2.24, 2.45) is 0 Å². The molecule has 0 aliphatic heterocycles. The Balaban J connectivity index is 2.81. The van der Waals surface area contributed by atoms with Gasteiger partial charge >= 0.3 is 0 Å². The molecule has 0 aliphatic rings. The lowest BCUT2D eigenvalue weighted by molar-refractivity contribution is 0.101. The zero-order valence-corrected chi connectivity index (χ0v) is 18.7. The smallest absolute Gasteiger partial charge is 0.163 e. The van der Waals surface area contributed by atoms with E-state index < -0.39 is 0 Å². The second-order valence-corrected chi connectivity index (χ2v) is 8.09. The fourth-order valence-electron chi connectivity index (χ4n) is 3.10. The number of hydrogen-bond acceptors (Lipinski definition) is 3. The molecule has 1 aromatic carbocycles. The van der Waals surface area contributed by atoms with Gasteiger partial charge in [0.05, 0.1) is 10.6 Å². The number of hydrogen-bond donors (Lipinski definition) is 2. The van der Waals surface area contributed by atoms with Gasteiger partial charge in [-0.1, -0.05) is 46.5 Å². The lowest BCUT2D eigenvalue weighted by Crippen LogP contribution is -2.01. The SMILES string of the molecule is CC(=O)c1c(C)c(Cl)c(O)c(CC=C(C)CCC=C(C)CCC=C(C)C)c1O. The molecule has 0 heterocycles. The molecule has 0 saturated carbocycles. The number of benzene rings is 1. The Hall–Kier alpha value is -2.00. The molecule has 28 heavy (non-hydrogen) atoms. The van der Waals surface area contributed by atoms with Gasteiger partial charge in [-0.3, -0.25) is 4.79 Å². The molecule has 0 saturated heterocycles. The van der Waals surface area contributed by atoms with Gasteiger partial charge in [0.1, 0.15) is 11.5 Å². The first-order valence-corrected chi connectivity index (χ1v) is 10.1. The average Bonchev–Trinajstić information content (AvgIpc) is 2.59. The lowest BCUT2D eigenvalue weighted by Gasteiger charge is -2.14. The van der Waals surface area contributed by atoms with Crippen LogP contribution < -0.4 is 0 Å². The first-order valence-electron chi connectivity index (χ1n) is 9.74. The van der Waals surface area contributed by atoms with Crippen molar-refractivity contribution >= 4 is 17.4 Å². The Morgan fingerprint density at radius 2 is 1.43 bits per heavy atom. The van der Waals surface area contributed by atoms with Crippen LogP contribution in [0, 0.1) is 6.92 Å². The van der Waals surface area contributed by atoms with E-state index >= 15 is 0 Å². The van der Waals surface area contributed by atoms with E-state index in [-0.39, 0.29) is 27.9 Å². The van der Waals surface area contributed by atoms with Gasteiger partial charge in [0.15, 0.2) is 5.78 Å². The molecule has 0 bridgehead atoms. The molecule has 4 heteroatoms. The van der Waals surface area contributed by atoms with E-state index in [0.29, 0.717) is 17.5 Å². The summed E-state index contributed by atoms with van der Waals surface area (Å²) >= 11 is 6.15. The van der Waals surface area contributed by atoms with E-state index in [4.69, 9.17) is 11.6 Å². The second-order valence-electron chi connectivity index (χ2n) is 7.71. The van der Waals surface area contributed by atoms with Gasteiger partial charge < -0.3 is 10.2 Å². The number of carbonyl (C=O) groups excluding carboxylic acids is 1. The van der Waals surface area contributed by atoms with E-state index in [2.05, 4.69) is 32.9 Å². The number of phenolic OH excluding ortho intramolecular Hbond substituents is 2. The molecule has 2 N–H and O–H groups in total. The normalized spacial score (nSPS) is 12.2. The maximum absolute atomic E-state index is 11.8. The van der Waals surface area contributed by atoms with E-state index in [1.807, 2.05) is 13.0 Å². The third-order valence-corrected chi connectivity index (χ3v) is 5.31. The van der Waals surface area contributed by atoms with Crippen LogP contribution in [0.1, 0.15) is 81.8 Å². The van der Waals surface area contributed by atoms with Gasteiger partial charge in [-0.05, 0) is 79.2 Å². The molecule has 1 aromatic rings. The molecule has 0 radical (unpaired) electrons. The van der Waals surface area contributed by atoms with Crippen LogP contribution in [-0.4, -0.2) is 16.0 Å². The minimum Gasteiger partial charge on any atom is -0.507 e. The zero-order chi connectivity index (χ0) is 21.4. The quantitative estimate of drug-likeness (QED) is 0.337. The molecule has 0 spiro atoms. The highest BCUT2D eigenvalue weighted by Gasteiger charge is 2.22. The van der Waals surface area contributed by atoms with Crippen molar-refractivity contribution in [3.8, 4) is 11.5 Å². The molecule has 0 amide bonds. The molecule has 0 aromatic heterocycles. The number of carbonyl (C=O) groups is 1. The number of ketones is 1. The maximum atomic E-state index is 11.8. The maximum Gasteiger partial charge on any atom is 0.163 e. The zero-order valence-electron chi connectivity index (χ0n) is 17.9. The molecule has 0 atom stereocenters. The molecular formula is C24H33ClO3. The first kappa shape index (κ1) is 24.0. The lowest BCUT2D eigenvalue weighted by atomic mass is 9.96. The molecular weight excluding hydrogens is 372 g/mol. The summed E-state index contributed by atoms with van der Waals surface area (Å²) in [5, 5.41) is 20.9. The van der Waals surface area contributed by atoms with Crippen molar-refractivity contribution in [3.63, 3.8) is 0 Å². The first-order chi connectivity index (χ1) is 13.1. The van der Waals surface area contributed by atoms with Crippen LogP contribution in [0.5, 0.6) is 11.5 Å². The summed E-state index contributed by atoms with van der Waals surface area (Å²) in [7, 11) is 0. The third-order valence-electron chi connectivity index (χ3n) is 4.85. The summed E-state index contributed by atoms with van der Waals surface area (Å²) in [6.07, 6.45) is 10.8. The largest absolute Gasteiger partial charge is 0.507 e. The molecule has 0 fully saturated rings. The summed E-state index contributed by atoms with van der Waals surface area (Å²) in [4.78, 5) is 11.8. The fourth-order valence-corrected chi connectivity index (χ4v) is 3.31. The summed E-state index contributed by atoms with van der Waals surface area (Å²) in [5.74, 6) is -0.598. The van der Waals surface area contributed by atoms with Gasteiger partial charge in [0, 0.05) is 5.56 Å². The summed E-state index contributed by atoms with van der Waals surface area (Å²) in [5.41, 5.74) is 4.78. The van der Waals surface area contributed by atoms with Crippen LogP contribution in [0.4, 0.5) is 0 Å². The second kappa shape index (κ2) is 11.1. The fraction of sp³-hybridized carbons (Fsp3) is 0.458. The Morgan fingerprint density at radius 1 is 0.893 bits per heavy atom. The number of phenols is 2. The Labute approximate surface area is 174 Å². The van der Waals surface area contributed by atoms with Crippen molar-refractivity contribution in [1.29, 1.82) is 0 Å². The van der Waals surface area contributed by atoms with Crippen LogP contribution in [0.25, 0.3) is 0 Å². The van der Waals surface area contributed by atoms with Gasteiger partial charge in [0.2, 0.25) is 0 Å². The number of halogens is 1. The van der Waals surface area contributed by atoms with Crippen molar-refractivity contribution in [3.05, 3.63) is 56.7 Å². The molecule has 0 unspecified atom stereocenters. The minimum atomic E-state index is -0.271. The highest BCUT2D eigenvalue weighted by molar-refractivity contribution is 6.33. The number of aromatic hydroxyl groups is 2. The van der Waals surface area contributed by atoms with Crippen LogP contribution in [-0.2, 0) is 6.42 Å².